The number of ether oxygens (including phenoxy) is 3. The van der Waals surface area contributed by atoms with Crippen molar-refractivity contribution in [1.82, 2.24) is 4.90 Å². The Kier molecular flexibility index (Phi) is 7.85. The van der Waals surface area contributed by atoms with Gasteiger partial charge in [0.05, 0.1) is 25.4 Å². The molecule has 0 bridgehead atoms. The van der Waals surface area contributed by atoms with Crippen LogP contribution >= 0.6 is 0 Å². The molecule has 0 radical (unpaired) electrons. The molecule has 1 aliphatic rings. The van der Waals surface area contributed by atoms with Gasteiger partial charge in [-0.3, -0.25) is 4.79 Å². The van der Waals surface area contributed by atoms with Crippen molar-refractivity contribution in [1.29, 1.82) is 0 Å². The fourth-order valence-electron chi connectivity index (χ4n) is 4.15. The second-order valence-corrected chi connectivity index (χ2v) is 8.38. The second-order valence-electron chi connectivity index (χ2n) is 8.38. The van der Waals surface area contributed by atoms with E-state index in [-0.39, 0.29) is 11.5 Å². The molecular weight excluding hydrogens is 454 g/mol. The summed E-state index contributed by atoms with van der Waals surface area (Å²) in [5.41, 5.74) is 3.96. The number of methoxy groups -OCH3 is 2. The maximum absolute atomic E-state index is 13.5. The van der Waals surface area contributed by atoms with Crippen molar-refractivity contribution < 1.29 is 23.8 Å². The van der Waals surface area contributed by atoms with Crippen molar-refractivity contribution in [2.45, 2.75) is 20.0 Å². The highest BCUT2D eigenvalue weighted by atomic mass is 16.5. The summed E-state index contributed by atoms with van der Waals surface area (Å²) in [5, 5.41) is 0. The molecular formula is C30H29NO5. The van der Waals surface area contributed by atoms with Crippen LogP contribution in [0.1, 0.15) is 23.6 Å². The summed E-state index contributed by atoms with van der Waals surface area (Å²) in [6.07, 6.45) is 2.34. The molecule has 0 aromatic heterocycles. The Hall–Kier alpha value is -4.32. The molecule has 1 amide bonds. The van der Waals surface area contributed by atoms with Crippen LogP contribution in [0.4, 0.5) is 0 Å². The van der Waals surface area contributed by atoms with Crippen LogP contribution in [-0.2, 0) is 27.4 Å². The Morgan fingerprint density at radius 1 is 0.889 bits per heavy atom. The number of esters is 1. The highest BCUT2D eigenvalue weighted by molar-refractivity contribution is 6.16. The zero-order chi connectivity index (χ0) is 25.5. The smallest absolute Gasteiger partial charge is 0.340 e. The zero-order valence-electron chi connectivity index (χ0n) is 20.7. The number of carbonyl (C=O) groups is 2. The molecule has 3 aromatic carbocycles. The molecule has 0 unspecified atom stereocenters. The lowest BCUT2D eigenvalue weighted by Crippen LogP contribution is -2.27. The van der Waals surface area contributed by atoms with Crippen molar-refractivity contribution in [3.8, 4) is 11.5 Å². The van der Waals surface area contributed by atoms with Gasteiger partial charge in [0.1, 0.15) is 18.1 Å². The number of amides is 1. The van der Waals surface area contributed by atoms with Crippen LogP contribution in [0.25, 0.3) is 6.08 Å². The van der Waals surface area contributed by atoms with Crippen molar-refractivity contribution in [2.24, 2.45) is 0 Å². The summed E-state index contributed by atoms with van der Waals surface area (Å²) in [6.45, 7) is 2.60. The SMILES string of the molecule is COC(=O)C1=C(C)N(CCc2ccc(OC)cc2)C(=O)/C1=C\c1ccccc1OCc1ccccc1. The van der Waals surface area contributed by atoms with Crippen LogP contribution in [0, 0.1) is 0 Å². The minimum absolute atomic E-state index is 0.237. The van der Waals surface area contributed by atoms with Gasteiger partial charge in [-0.1, -0.05) is 60.7 Å². The molecule has 184 valence electrons. The first kappa shape index (κ1) is 24.8. The number of hydrogen-bond acceptors (Lipinski definition) is 5. The highest BCUT2D eigenvalue weighted by Crippen LogP contribution is 2.33. The van der Waals surface area contributed by atoms with Crippen molar-refractivity contribution in [3.63, 3.8) is 0 Å². The maximum Gasteiger partial charge on any atom is 0.340 e. The first-order valence-corrected chi connectivity index (χ1v) is 11.7. The standard InChI is InChI=1S/C30H29NO5/c1-21-28(30(33)35-3)26(29(32)31(21)18-17-22-13-15-25(34-2)16-14-22)19-24-11-7-8-12-27(24)36-20-23-9-5-4-6-10-23/h4-16,19H,17-18,20H2,1-3H3/b26-19-. The van der Waals surface area contributed by atoms with E-state index in [0.717, 1.165) is 16.9 Å². The summed E-state index contributed by atoms with van der Waals surface area (Å²) in [6, 6.07) is 25.0. The number of benzene rings is 3. The van der Waals surface area contributed by atoms with Gasteiger partial charge in [0.15, 0.2) is 0 Å². The van der Waals surface area contributed by atoms with Crippen LogP contribution in [0.15, 0.2) is 95.7 Å². The zero-order valence-corrected chi connectivity index (χ0v) is 20.7. The third-order valence-corrected chi connectivity index (χ3v) is 6.14. The lowest BCUT2D eigenvalue weighted by Gasteiger charge is -2.18. The minimum Gasteiger partial charge on any atom is -0.497 e. The number of carbonyl (C=O) groups excluding carboxylic acids is 2. The predicted molar refractivity (Wildman–Crippen MR) is 138 cm³/mol. The molecule has 3 aromatic rings. The van der Waals surface area contributed by atoms with Gasteiger partial charge in [-0.2, -0.15) is 0 Å². The molecule has 36 heavy (non-hydrogen) atoms. The van der Waals surface area contributed by atoms with Gasteiger partial charge in [-0.15, -0.1) is 0 Å². The molecule has 0 saturated heterocycles. The Morgan fingerprint density at radius 3 is 2.28 bits per heavy atom. The molecule has 0 aliphatic carbocycles. The third kappa shape index (κ3) is 5.49. The topological polar surface area (TPSA) is 65.1 Å². The number of nitrogens with zero attached hydrogens (tertiary/aromatic N) is 1. The van der Waals surface area contributed by atoms with Crippen molar-refractivity contribution in [3.05, 3.63) is 112 Å². The normalized spacial score (nSPS) is 14.4. The molecule has 0 spiro atoms. The van der Waals surface area contributed by atoms with Gasteiger partial charge in [0.2, 0.25) is 0 Å². The van der Waals surface area contributed by atoms with Crippen molar-refractivity contribution >= 4 is 18.0 Å². The molecule has 4 rings (SSSR count). The van der Waals surface area contributed by atoms with Gasteiger partial charge in [-0.05, 0) is 48.7 Å². The van der Waals surface area contributed by atoms with Crippen molar-refractivity contribution in [2.75, 3.05) is 20.8 Å². The van der Waals surface area contributed by atoms with E-state index in [4.69, 9.17) is 14.2 Å². The number of hydrogen-bond donors (Lipinski definition) is 0. The van der Waals surface area contributed by atoms with Gasteiger partial charge in [0.25, 0.3) is 5.91 Å². The monoisotopic (exact) mass is 483 g/mol. The Bertz CT molecular complexity index is 1290. The van der Waals surface area contributed by atoms with E-state index >= 15 is 0 Å². The minimum atomic E-state index is -0.540. The largest absolute Gasteiger partial charge is 0.497 e. The third-order valence-electron chi connectivity index (χ3n) is 6.14. The quantitative estimate of drug-likeness (QED) is 0.310. The second kappa shape index (κ2) is 11.4. The van der Waals surface area contributed by atoms with Gasteiger partial charge >= 0.3 is 5.97 Å². The Balaban J connectivity index is 1.60. The number of para-hydroxylation sites is 1. The fraction of sp³-hybridized carbons (Fsp3) is 0.200. The molecule has 0 N–H and O–H groups in total. The summed E-state index contributed by atoms with van der Waals surface area (Å²) < 4.78 is 16.3. The lowest BCUT2D eigenvalue weighted by atomic mass is 10.0. The summed E-state index contributed by atoms with van der Waals surface area (Å²) in [4.78, 5) is 27.9. The molecule has 1 aliphatic heterocycles. The molecule has 6 heteroatoms. The number of allylic oxidation sites excluding steroid dienone is 1. The summed E-state index contributed by atoms with van der Waals surface area (Å²) >= 11 is 0. The average molecular weight is 484 g/mol. The van der Waals surface area contributed by atoms with Gasteiger partial charge < -0.3 is 19.1 Å². The van der Waals surface area contributed by atoms with E-state index < -0.39 is 5.97 Å². The average Bonchev–Trinajstić information content (AvgIpc) is 3.15. The van der Waals surface area contributed by atoms with Gasteiger partial charge in [0, 0.05) is 17.8 Å². The molecule has 0 saturated carbocycles. The van der Waals surface area contributed by atoms with E-state index in [1.807, 2.05) is 78.9 Å². The molecule has 0 atom stereocenters. The predicted octanol–water partition coefficient (Wildman–Crippen LogP) is 5.19. The summed E-state index contributed by atoms with van der Waals surface area (Å²) in [5.74, 6) is 0.625. The fourth-order valence-corrected chi connectivity index (χ4v) is 4.15. The first-order chi connectivity index (χ1) is 17.5. The maximum atomic E-state index is 13.5. The van der Waals surface area contributed by atoms with E-state index in [1.165, 1.54) is 7.11 Å². The van der Waals surface area contributed by atoms with Crippen LogP contribution in [0.2, 0.25) is 0 Å². The van der Waals surface area contributed by atoms with Crippen LogP contribution in [0.3, 0.4) is 0 Å². The lowest BCUT2D eigenvalue weighted by molar-refractivity contribution is -0.136. The van der Waals surface area contributed by atoms with E-state index in [2.05, 4.69) is 0 Å². The van der Waals surface area contributed by atoms with Crippen LogP contribution < -0.4 is 9.47 Å². The Labute approximate surface area is 211 Å². The summed E-state index contributed by atoms with van der Waals surface area (Å²) in [7, 11) is 2.95. The Morgan fingerprint density at radius 2 is 1.58 bits per heavy atom. The first-order valence-electron chi connectivity index (χ1n) is 11.7. The van der Waals surface area contributed by atoms with Gasteiger partial charge in [-0.25, -0.2) is 4.79 Å². The highest BCUT2D eigenvalue weighted by Gasteiger charge is 2.36. The van der Waals surface area contributed by atoms with E-state index in [0.29, 0.717) is 42.2 Å². The number of rotatable bonds is 9. The molecule has 0 fully saturated rings. The molecule has 6 nitrogen and oxygen atoms in total. The van der Waals surface area contributed by atoms with Crippen LogP contribution in [0.5, 0.6) is 11.5 Å². The van der Waals surface area contributed by atoms with E-state index in [9.17, 15) is 9.59 Å². The molecule has 1 heterocycles. The van der Waals surface area contributed by atoms with E-state index in [1.54, 1.807) is 25.0 Å². The van der Waals surface area contributed by atoms with Crippen LogP contribution in [-0.4, -0.2) is 37.5 Å².